The minimum Gasteiger partial charge on any atom is -0.406 e. The summed E-state index contributed by atoms with van der Waals surface area (Å²) in [5, 5.41) is 0. The molecule has 0 heterocycles. The van der Waals surface area contributed by atoms with Crippen LogP contribution in [0, 0.1) is 20.8 Å². The van der Waals surface area contributed by atoms with Gasteiger partial charge in [0, 0.05) is 0 Å². The molecule has 0 unspecified atom stereocenters. The molecule has 0 N–H and O–H groups in total. The van der Waals surface area contributed by atoms with E-state index in [9.17, 15) is 26.3 Å². The number of ether oxygens (including phenoxy) is 2. The van der Waals surface area contributed by atoms with Crippen molar-refractivity contribution >= 4 is 0 Å². The van der Waals surface area contributed by atoms with E-state index < -0.39 is 12.7 Å². The molecule has 0 atom stereocenters. The lowest BCUT2D eigenvalue weighted by Crippen LogP contribution is -2.16. The van der Waals surface area contributed by atoms with E-state index in [0.29, 0.717) is 0 Å². The number of benzene rings is 6. The van der Waals surface area contributed by atoms with E-state index in [2.05, 4.69) is 60.6 Å². The number of halogens is 6. The molecular formula is C48H44F6O2. The van der Waals surface area contributed by atoms with Gasteiger partial charge in [0.15, 0.2) is 0 Å². The quantitative estimate of drug-likeness (QED) is 0.0812. The molecule has 2 nitrogen and oxygen atoms in total. The van der Waals surface area contributed by atoms with Crippen LogP contribution >= 0.6 is 0 Å². The van der Waals surface area contributed by atoms with Crippen molar-refractivity contribution in [3.05, 3.63) is 155 Å². The Bertz CT molecular complexity index is 2180. The predicted molar refractivity (Wildman–Crippen MR) is 213 cm³/mol. The molecule has 0 saturated carbocycles. The third-order valence-electron chi connectivity index (χ3n) is 10.2. The van der Waals surface area contributed by atoms with E-state index in [1.165, 1.54) is 71.3 Å². The van der Waals surface area contributed by atoms with Crippen LogP contribution in [0.4, 0.5) is 26.3 Å². The average molecular weight is 767 g/mol. The van der Waals surface area contributed by atoms with Crippen molar-refractivity contribution < 1.29 is 35.8 Å². The summed E-state index contributed by atoms with van der Waals surface area (Å²) >= 11 is 0. The largest absolute Gasteiger partial charge is 0.573 e. The molecule has 0 fully saturated rings. The van der Waals surface area contributed by atoms with Gasteiger partial charge in [0.05, 0.1) is 0 Å². The smallest absolute Gasteiger partial charge is 0.406 e. The molecule has 0 aliphatic heterocycles. The van der Waals surface area contributed by atoms with E-state index in [1.807, 2.05) is 48.5 Å². The molecule has 0 aromatic heterocycles. The first-order valence-electron chi connectivity index (χ1n) is 18.8. The maximum absolute atomic E-state index is 12.5. The zero-order valence-corrected chi connectivity index (χ0v) is 31.7. The van der Waals surface area contributed by atoms with Crippen molar-refractivity contribution in [2.75, 3.05) is 0 Å². The molecule has 6 rings (SSSR count). The van der Waals surface area contributed by atoms with Gasteiger partial charge < -0.3 is 9.47 Å². The Kier molecular flexibility index (Phi) is 12.6. The van der Waals surface area contributed by atoms with E-state index >= 15 is 0 Å². The normalized spacial score (nSPS) is 11.8. The summed E-state index contributed by atoms with van der Waals surface area (Å²) in [6, 6.07) is 39.0. The van der Waals surface area contributed by atoms with Crippen molar-refractivity contribution in [3.8, 4) is 56.0 Å². The monoisotopic (exact) mass is 766 g/mol. The SMILES string of the molecule is Cc1cc(-c2ccc(-c3ccc(OC(F)(F)F)cc3)cc2)ccc1CCCCCCCc1c(C)cc(-c2ccc(-c3ccc(OC(F)(F)F)cc3)cc2)cc1C. The van der Waals surface area contributed by atoms with Gasteiger partial charge in [0.1, 0.15) is 11.5 Å². The number of hydrogen-bond acceptors (Lipinski definition) is 2. The van der Waals surface area contributed by atoms with Crippen LogP contribution < -0.4 is 9.47 Å². The minimum atomic E-state index is -4.71. The van der Waals surface area contributed by atoms with Crippen LogP contribution in [0.2, 0.25) is 0 Å². The topological polar surface area (TPSA) is 18.5 Å². The van der Waals surface area contributed by atoms with Crippen molar-refractivity contribution in [3.63, 3.8) is 0 Å². The lowest BCUT2D eigenvalue weighted by molar-refractivity contribution is -0.275. The fraction of sp³-hybridized carbons (Fsp3) is 0.250. The average Bonchev–Trinajstić information content (AvgIpc) is 3.15. The Morgan fingerprint density at radius 2 is 0.679 bits per heavy atom. The highest BCUT2D eigenvalue weighted by atomic mass is 19.4. The van der Waals surface area contributed by atoms with Gasteiger partial charge in [-0.05, 0) is 143 Å². The van der Waals surface area contributed by atoms with Crippen LogP contribution in [-0.2, 0) is 12.8 Å². The van der Waals surface area contributed by atoms with Crippen molar-refractivity contribution in [1.29, 1.82) is 0 Å². The summed E-state index contributed by atoms with van der Waals surface area (Å²) in [6.45, 7) is 6.51. The van der Waals surface area contributed by atoms with Gasteiger partial charge in [-0.25, -0.2) is 0 Å². The number of hydrogen-bond donors (Lipinski definition) is 0. The number of rotatable bonds is 14. The van der Waals surface area contributed by atoms with Crippen LogP contribution in [0.15, 0.2) is 127 Å². The van der Waals surface area contributed by atoms with Crippen molar-refractivity contribution in [2.24, 2.45) is 0 Å². The lowest BCUT2D eigenvalue weighted by atomic mass is 9.91. The fourth-order valence-corrected chi connectivity index (χ4v) is 7.27. The summed E-state index contributed by atoms with van der Waals surface area (Å²) in [7, 11) is 0. The summed E-state index contributed by atoms with van der Waals surface area (Å²) in [6.07, 6.45) is -1.47. The van der Waals surface area contributed by atoms with Crippen molar-refractivity contribution in [1.82, 2.24) is 0 Å². The Morgan fingerprint density at radius 3 is 1.09 bits per heavy atom. The number of alkyl halides is 6. The van der Waals surface area contributed by atoms with Gasteiger partial charge in [-0.15, -0.1) is 26.3 Å². The first-order chi connectivity index (χ1) is 26.7. The van der Waals surface area contributed by atoms with E-state index in [4.69, 9.17) is 0 Å². The highest BCUT2D eigenvalue weighted by Gasteiger charge is 2.31. The molecule has 6 aromatic carbocycles. The Morgan fingerprint density at radius 1 is 0.357 bits per heavy atom. The van der Waals surface area contributed by atoms with E-state index in [1.54, 1.807) is 24.3 Å². The maximum atomic E-state index is 12.5. The van der Waals surface area contributed by atoms with Crippen LogP contribution in [0.1, 0.15) is 59.9 Å². The zero-order chi connectivity index (χ0) is 39.9. The second-order valence-corrected chi connectivity index (χ2v) is 14.3. The second kappa shape index (κ2) is 17.5. The van der Waals surface area contributed by atoms with Gasteiger partial charge in [0.2, 0.25) is 0 Å². The number of unbranched alkanes of at least 4 members (excludes halogenated alkanes) is 4. The van der Waals surface area contributed by atoms with Gasteiger partial charge in [-0.1, -0.05) is 122 Å². The first kappa shape index (κ1) is 40.2. The predicted octanol–water partition coefficient (Wildman–Crippen LogP) is 14.8. The molecule has 0 radical (unpaired) electrons. The first-order valence-corrected chi connectivity index (χ1v) is 18.8. The molecule has 0 aliphatic carbocycles. The van der Waals surface area contributed by atoms with Gasteiger partial charge in [-0.2, -0.15) is 0 Å². The highest BCUT2D eigenvalue weighted by molar-refractivity contribution is 5.73. The maximum Gasteiger partial charge on any atom is 0.573 e. The highest BCUT2D eigenvalue weighted by Crippen LogP contribution is 2.32. The molecular weight excluding hydrogens is 723 g/mol. The molecule has 56 heavy (non-hydrogen) atoms. The van der Waals surface area contributed by atoms with Crippen LogP contribution in [0.3, 0.4) is 0 Å². The van der Waals surface area contributed by atoms with E-state index in [-0.39, 0.29) is 11.5 Å². The van der Waals surface area contributed by atoms with Crippen LogP contribution in [-0.4, -0.2) is 12.7 Å². The summed E-state index contributed by atoms with van der Waals surface area (Å²) in [5.74, 6) is -0.473. The molecule has 0 aliphatic rings. The molecule has 0 spiro atoms. The fourth-order valence-electron chi connectivity index (χ4n) is 7.27. The second-order valence-electron chi connectivity index (χ2n) is 14.3. The van der Waals surface area contributed by atoms with Crippen LogP contribution in [0.5, 0.6) is 11.5 Å². The minimum absolute atomic E-state index is 0.237. The molecule has 8 heteroatoms. The third kappa shape index (κ3) is 11.1. The Labute approximate surface area is 324 Å². The molecule has 0 saturated heterocycles. The Hall–Kier alpha value is -5.50. The molecule has 6 aromatic rings. The van der Waals surface area contributed by atoms with E-state index in [0.717, 1.165) is 70.2 Å². The standard InChI is InChI=1S/C48H44F6O2/c1-32-29-42(40-16-12-36(13-17-40)38-21-25-44(26-22-38)55-47(49,50)51)20-11-35(32)9-7-5-4-6-8-10-46-33(2)30-43(31-34(46)3)41-18-14-37(15-19-41)39-23-27-45(28-24-39)56-48(52,53)54/h11-31H,4-10H2,1-3H3. The van der Waals surface area contributed by atoms with Gasteiger partial charge in [-0.3, -0.25) is 0 Å². The van der Waals surface area contributed by atoms with Gasteiger partial charge >= 0.3 is 12.7 Å². The summed E-state index contributed by atoms with van der Waals surface area (Å²) in [5.41, 5.74) is 14.5. The van der Waals surface area contributed by atoms with Gasteiger partial charge in [0.25, 0.3) is 0 Å². The molecule has 0 bridgehead atoms. The zero-order valence-electron chi connectivity index (χ0n) is 31.7. The molecule has 0 amide bonds. The lowest BCUT2D eigenvalue weighted by Gasteiger charge is -2.14. The van der Waals surface area contributed by atoms with Crippen molar-refractivity contribution in [2.45, 2.75) is 78.4 Å². The summed E-state index contributed by atoms with van der Waals surface area (Å²) in [4.78, 5) is 0. The number of aryl methyl sites for hydroxylation is 4. The Balaban J connectivity index is 0.933. The summed E-state index contributed by atoms with van der Waals surface area (Å²) < 4.78 is 82.9. The third-order valence-corrected chi connectivity index (χ3v) is 10.2. The van der Waals surface area contributed by atoms with Crippen LogP contribution in [0.25, 0.3) is 44.5 Å². The molecule has 290 valence electrons.